The van der Waals surface area contributed by atoms with Crippen molar-refractivity contribution in [1.29, 1.82) is 0 Å². The van der Waals surface area contributed by atoms with Crippen molar-refractivity contribution in [2.45, 2.75) is 19.4 Å². The van der Waals surface area contributed by atoms with Crippen molar-refractivity contribution in [3.8, 4) is 0 Å². The van der Waals surface area contributed by atoms with Crippen molar-refractivity contribution in [2.75, 3.05) is 31.7 Å². The van der Waals surface area contributed by atoms with Crippen molar-refractivity contribution in [3.05, 3.63) is 35.4 Å². The molecule has 0 bridgehead atoms. The quantitative estimate of drug-likeness (QED) is 0.841. The van der Waals surface area contributed by atoms with E-state index in [2.05, 4.69) is 15.5 Å². The van der Waals surface area contributed by atoms with Crippen LogP contribution in [0.25, 0.3) is 0 Å². The molecule has 1 aliphatic heterocycles. The van der Waals surface area contributed by atoms with E-state index in [0.29, 0.717) is 17.4 Å². The monoisotopic (exact) mass is 323 g/mol. The van der Waals surface area contributed by atoms with Crippen LogP contribution in [0.4, 0.5) is 14.7 Å². The molecular formula is C15H19F2N5O. The minimum atomic E-state index is -0.602. The predicted molar refractivity (Wildman–Crippen MR) is 80.1 cm³/mol. The molecule has 3 rings (SSSR count). The summed E-state index contributed by atoms with van der Waals surface area (Å²) >= 11 is 0. The summed E-state index contributed by atoms with van der Waals surface area (Å²) in [5.74, 6) is -0.215. The van der Waals surface area contributed by atoms with E-state index in [9.17, 15) is 8.78 Å². The molecule has 1 aromatic heterocycles. The standard InChI is InChI=1S/C15H19F2N5O/c1-21(8-11-3-2-6-23-10-11)15-18-19-20-22(15)9-12-4-5-13(16)7-14(12)17/h4-5,7,11H,2-3,6,8-10H2,1H3. The van der Waals surface area contributed by atoms with E-state index in [1.165, 1.54) is 16.8 Å². The van der Waals surface area contributed by atoms with Gasteiger partial charge in [0.05, 0.1) is 13.2 Å². The summed E-state index contributed by atoms with van der Waals surface area (Å²) < 4.78 is 33.8. The van der Waals surface area contributed by atoms with Gasteiger partial charge in [-0.15, -0.1) is 0 Å². The largest absolute Gasteiger partial charge is 0.381 e. The van der Waals surface area contributed by atoms with Crippen molar-refractivity contribution >= 4 is 5.95 Å². The predicted octanol–water partition coefficient (Wildman–Crippen LogP) is 1.86. The zero-order chi connectivity index (χ0) is 16.2. The number of halogens is 2. The third kappa shape index (κ3) is 3.82. The highest BCUT2D eigenvalue weighted by molar-refractivity contribution is 5.28. The van der Waals surface area contributed by atoms with Gasteiger partial charge < -0.3 is 9.64 Å². The molecule has 1 saturated heterocycles. The Hall–Kier alpha value is -2.09. The topological polar surface area (TPSA) is 56.1 Å². The number of ether oxygens (including phenoxy) is 1. The molecule has 2 aromatic rings. The first-order valence-electron chi connectivity index (χ1n) is 7.62. The van der Waals surface area contributed by atoms with Crippen molar-refractivity contribution in [3.63, 3.8) is 0 Å². The van der Waals surface area contributed by atoms with Gasteiger partial charge in [-0.3, -0.25) is 0 Å². The van der Waals surface area contributed by atoms with Gasteiger partial charge in [-0.25, -0.2) is 13.5 Å². The van der Waals surface area contributed by atoms with Crippen LogP contribution in [0.2, 0.25) is 0 Å². The minimum Gasteiger partial charge on any atom is -0.381 e. The molecule has 0 amide bonds. The summed E-state index contributed by atoms with van der Waals surface area (Å²) in [6.07, 6.45) is 2.17. The molecule has 1 aromatic carbocycles. The molecule has 0 saturated carbocycles. The summed E-state index contributed by atoms with van der Waals surface area (Å²) in [5, 5.41) is 11.6. The molecule has 0 aliphatic carbocycles. The van der Waals surface area contributed by atoms with Crippen molar-refractivity contribution in [2.24, 2.45) is 5.92 Å². The molecule has 1 fully saturated rings. The molecule has 23 heavy (non-hydrogen) atoms. The Morgan fingerprint density at radius 1 is 1.39 bits per heavy atom. The van der Waals surface area contributed by atoms with E-state index < -0.39 is 11.6 Å². The molecule has 8 heteroatoms. The maximum atomic E-state index is 13.8. The summed E-state index contributed by atoms with van der Waals surface area (Å²) in [4.78, 5) is 1.95. The third-order valence-corrected chi connectivity index (χ3v) is 3.98. The van der Waals surface area contributed by atoms with Crippen LogP contribution in [0.15, 0.2) is 18.2 Å². The van der Waals surface area contributed by atoms with Gasteiger partial charge in [0.2, 0.25) is 5.95 Å². The smallest absolute Gasteiger partial charge is 0.245 e. The van der Waals surface area contributed by atoms with Crippen LogP contribution in [0, 0.1) is 17.6 Å². The second kappa shape index (κ2) is 6.99. The van der Waals surface area contributed by atoms with E-state index in [0.717, 1.165) is 38.7 Å². The Kier molecular flexibility index (Phi) is 4.80. The highest BCUT2D eigenvalue weighted by atomic mass is 19.1. The first-order chi connectivity index (χ1) is 11.1. The number of rotatable bonds is 5. The lowest BCUT2D eigenvalue weighted by atomic mass is 10.0. The Balaban J connectivity index is 1.70. The summed E-state index contributed by atoms with van der Waals surface area (Å²) in [5.41, 5.74) is 0.342. The Labute approximate surface area is 133 Å². The molecule has 2 heterocycles. The van der Waals surface area contributed by atoms with Gasteiger partial charge in [-0.2, -0.15) is 0 Å². The van der Waals surface area contributed by atoms with Crippen LogP contribution in [-0.4, -0.2) is 47.0 Å². The van der Waals surface area contributed by atoms with Crippen LogP contribution >= 0.6 is 0 Å². The van der Waals surface area contributed by atoms with Crippen molar-refractivity contribution < 1.29 is 13.5 Å². The van der Waals surface area contributed by atoms with Gasteiger partial charge in [0.25, 0.3) is 0 Å². The Morgan fingerprint density at radius 2 is 2.26 bits per heavy atom. The highest BCUT2D eigenvalue weighted by Gasteiger charge is 2.20. The third-order valence-electron chi connectivity index (χ3n) is 3.98. The second-order valence-corrected chi connectivity index (χ2v) is 5.84. The van der Waals surface area contributed by atoms with E-state index in [-0.39, 0.29) is 6.54 Å². The van der Waals surface area contributed by atoms with Crippen LogP contribution in [0.3, 0.4) is 0 Å². The first-order valence-corrected chi connectivity index (χ1v) is 7.62. The van der Waals surface area contributed by atoms with Crippen LogP contribution < -0.4 is 4.90 Å². The van der Waals surface area contributed by atoms with Crippen LogP contribution in [0.5, 0.6) is 0 Å². The summed E-state index contributed by atoms with van der Waals surface area (Å²) in [6.45, 7) is 2.48. The van der Waals surface area contributed by atoms with Crippen LogP contribution in [0.1, 0.15) is 18.4 Å². The molecular weight excluding hydrogens is 304 g/mol. The molecule has 0 N–H and O–H groups in total. The number of hydrogen-bond donors (Lipinski definition) is 0. The number of nitrogens with zero attached hydrogens (tertiary/aromatic N) is 5. The summed E-state index contributed by atoms with van der Waals surface area (Å²) in [6, 6.07) is 3.50. The maximum Gasteiger partial charge on any atom is 0.245 e. The molecule has 1 aliphatic rings. The average Bonchev–Trinajstić information content (AvgIpc) is 2.99. The molecule has 1 atom stereocenters. The van der Waals surface area contributed by atoms with Gasteiger partial charge in [0.15, 0.2) is 0 Å². The Bertz CT molecular complexity index is 657. The zero-order valence-electron chi connectivity index (χ0n) is 13.0. The second-order valence-electron chi connectivity index (χ2n) is 5.84. The van der Waals surface area contributed by atoms with Gasteiger partial charge >= 0.3 is 0 Å². The van der Waals surface area contributed by atoms with Gasteiger partial charge in [-0.1, -0.05) is 11.2 Å². The summed E-state index contributed by atoms with van der Waals surface area (Å²) in [7, 11) is 1.90. The lowest BCUT2D eigenvalue weighted by Gasteiger charge is -2.27. The SMILES string of the molecule is CN(CC1CCCOC1)c1nnnn1Cc1ccc(F)cc1F. The van der Waals surface area contributed by atoms with Crippen LogP contribution in [-0.2, 0) is 11.3 Å². The van der Waals surface area contributed by atoms with Crippen molar-refractivity contribution in [1.82, 2.24) is 20.2 Å². The number of hydrogen-bond acceptors (Lipinski definition) is 5. The van der Waals surface area contributed by atoms with E-state index >= 15 is 0 Å². The average molecular weight is 323 g/mol. The lowest BCUT2D eigenvalue weighted by Crippen LogP contribution is -2.32. The fourth-order valence-electron chi connectivity index (χ4n) is 2.81. The fourth-order valence-corrected chi connectivity index (χ4v) is 2.81. The zero-order valence-corrected chi connectivity index (χ0v) is 13.0. The highest BCUT2D eigenvalue weighted by Crippen LogP contribution is 2.18. The number of tetrazole rings is 1. The lowest BCUT2D eigenvalue weighted by molar-refractivity contribution is 0.0575. The molecule has 1 unspecified atom stereocenters. The normalized spacial score (nSPS) is 18.1. The molecule has 124 valence electrons. The van der Waals surface area contributed by atoms with E-state index in [1.807, 2.05) is 11.9 Å². The van der Waals surface area contributed by atoms with E-state index in [4.69, 9.17) is 4.74 Å². The number of benzene rings is 1. The van der Waals surface area contributed by atoms with E-state index in [1.54, 1.807) is 0 Å². The fraction of sp³-hybridized carbons (Fsp3) is 0.533. The molecule has 0 spiro atoms. The molecule has 6 nitrogen and oxygen atoms in total. The van der Waals surface area contributed by atoms with Gasteiger partial charge in [0, 0.05) is 31.8 Å². The van der Waals surface area contributed by atoms with Gasteiger partial charge in [-0.05, 0) is 35.3 Å². The number of anilines is 1. The Morgan fingerprint density at radius 3 is 3.00 bits per heavy atom. The number of aromatic nitrogens is 4. The minimum absolute atomic E-state index is 0.153. The first kappa shape index (κ1) is 15.8. The molecule has 0 radical (unpaired) electrons. The maximum absolute atomic E-state index is 13.8. The van der Waals surface area contributed by atoms with Gasteiger partial charge in [0.1, 0.15) is 11.6 Å².